The van der Waals surface area contributed by atoms with Crippen LogP contribution < -0.4 is 10.8 Å². The maximum absolute atomic E-state index is 5.75. The van der Waals surface area contributed by atoms with E-state index in [4.69, 9.17) is 16.3 Å². The van der Waals surface area contributed by atoms with E-state index >= 15 is 0 Å². The highest BCUT2D eigenvalue weighted by molar-refractivity contribution is 6.35. The molecule has 0 unspecified atom stereocenters. The molecule has 2 heterocycles. The average Bonchev–Trinajstić information content (AvgIpc) is 2.25. The van der Waals surface area contributed by atoms with E-state index in [-0.39, 0.29) is 5.28 Å². The fourth-order valence-electron chi connectivity index (χ4n) is 1.60. The van der Waals surface area contributed by atoms with Gasteiger partial charge in [-0.3, -0.25) is 0 Å². The van der Waals surface area contributed by atoms with Gasteiger partial charge in [-0.25, -0.2) is 9.97 Å². The lowest BCUT2D eigenvalue weighted by molar-refractivity contribution is 0.0904. The second kappa shape index (κ2) is 4.81. The normalized spacial score (nSPS) is 17.7. The van der Waals surface area contributed by atoms with Crippen LogP contribution in [0.5, 0.6) is 0 Å². The fourth-order valence-corrected chi connectivity index (χ4v) is 1.74. The molecule has 1 saturated heterocycles. The predicted molar refractivity (Wildman–Crippen MR) is 62.7 cm³/mol. The van der Waals surface area contributed by atoms with Crippen molar-refractivity contribution in [1.82, 2.24) is 9.97 Å². The van der Waals surface area contributed by atoms with Crippen LogP contribution in [0.3, 0.4) is 0 Å². The molecule has 80 valence electrons. The summed E-state index contributed by atoms with van der Waals surface area (Å²) in [6, 6.07) is 0.434. The molecule has 0 aliphatic carbocycles. The number of hydrogen-bond donors (Lipinski definition) is 1. The van der Waals surface area contributed by atoms with Crippen LogP contribution in [0.15, 0.2) is 6.20 Å². The summed E-state index contributed by atoms with van der Waals surface area (Å²) >= 11 is 5.75. The lowest BCUT2D eigenvalue weighted by atomic mass is 9.98. The molecule has 2 rings (SSSR count). The van der Waals surface area contributed by atoms with Gasteiger partial charge in [0.1, 0.15) is 13.7 Å². The number of nitrogens with zero attached hydrogens (tertiary/aromatic N) is 2. The summed E-state index contributed by atoms with van der Waals surface area (Å²) in [6.45, 7) is 1.63. The molecule has 0 amide bonds. The van der Waals surface area contributed by atoms with E-state index in [0.29, 0.717) is 6.04 Å². The number of ether oxygens (including phenoxy) is 1. The lowest BCUT2D eigenvalue weighted by Gasteiger charge is -2.24. The Kier molecular flexibility index (Phi) is 3.43. The Hall–Kier alpha value is -0.805. The van der Waals surface area contributed by atoms with Crippen LogP contribution in [0, 0.1) is 0 Å². The lowest BCUT2D eigenvalue weighted by Crippen LogP contribution is -2.30. The Morgan fingerprint density at radius 2 is 2.20 bits per heavy atom. The van der Waals surface area contributed by atoms with Gasteiger partial charge in [0.25, 0.3) is 0 Å². The molecule has 6 heteroatoms. The van der Waals surface area contributed by atoms with E-state index in [1.807, 2.05) is 7.85 Å². The standard InChI is InChI=1S/C9H13BClN3O/c10-7-5-12-9(11)14-8(7)13-6-1-3-15-4-2-6/h5-6H,1-4,10H2,(H,12,13,14). The van der Waals surface area contributed by atoms with Crippen molar-refractivity contribution in [2.45, 2.75) is 18.9 Å². The Morgan fingerprint density at radius 1 is 1.47 bits per heavy atom. The van der Waals surface area contributed by atoms with Crippen LogP contribution in [0.4, 0.5) is 5.82 Å². The highest BCUT2D eigenvalue weighted by Gasteiger charge is 2.14. The first kappa shape index (κ1) is 10.7. The molecule has 15 heavy (non-hydrogen) atoms. The first-order valence-corrected chi connectivity index (χ1v) is 5.47. The summed E-state index contributed by atoms with van der Waals surface area (Å²) in [6.07, 6.45) is 3.76. The Bertz CT molecular complexity index is 344. The molecule has 0 aromatic carbocycles. The van der Waals surface area contributed by atoms with Gasteiger partial charge >= 0.3 is 0 Å². The Morgan fingerprint density at radius 3 is 2.93 bits per heavy atom. The number of nitrogens with one attached hydrogen (secondary N) is 1. The zero-order valence-corrected chi connectivity index (χ0v) is 9.42. The minimum Gasteiger partial charge on any atom is -0.381 e. The molecular formula is C9H13BClN3O. The van der Waals surface area contributed by atoms with E-state index in [9.17, 15) is 0 Å². The third-order valence-corrected chi connectivity index (χ3v) is 2.69. The van der Waals surface area contributed by atoms with Crippen molar-refractivity contribution in [2.75, 3.05) is 18.5 Å². The minimum atomic E-state index is 0.287. The van der Waals surface area contributed by atoms with E-state index in [2.05, 4.69) is 15.3 Å². The number of anilines is 1. The van der Waals surface area contributed by atoms with Crippen molar-refractivity contribution < 1.29 is 4.74 Å². The summed E-state index contributed by atoms with van der Waals surface area (Å²) in [7, 11) is 1.97. The number of aromatic nitrogens is 2. The van der Waals surface area contributed by atoms with Gasteiger partial charge in [0.05, 0.1) is 0 Å². The van der Waals surface area contributed by atoms with Crippen LogP contribution in [0.25, 0.3) is 0 Å². The van der Waals surface area contributed by atoms with Crippen LogP contribution in [0.1, 0.15) is 12.8 Å². The maximum atomic E-state index is 5.75. The van der Waals surface area contributed by atoms with Gasteiger partial charge in [-0.2, -0.15) is 0 Å². The van der Waals surface area contributed by atoms with Crippen molar-refractivity contribution in [3.63, 3.8) is 0 Å². The van der Waals surface area contributed by atoms with Gasteiger partial charge in [-0.05, 0) is 29.9 Å². The summed E-state index contributed by atoms with van der Waals surface area (Å²) in [5.41, 5.74) is 1.02. The van der Waals surface area contributed by atoms with Crippen molar-refractivity contribution in [3.05, 3.63) is 11.5 Å². The highest BCUT2D eigenvalue weighted by atomic mass is 35.5. The molecule has 1 aromatic rings. The Labute approximate surface area is 94.8 Å². The van der Waals surface area contributed by atoms with E-state index in [1.54, 1.807) is 6.20 Å². The largest absolute Gasteiger partial charge is 0.381 e. The molecule has 0 radical (unpaired) electrons. The minimum absolute atomic E-state index is 0.287. The summed E-state index contributed by atoms with van der Waals surface area (Å²) in [4.78, 5) is 8.09. The topological polar surface area (TPSA) is 47.0 Å². The smallest absolute Gasteiger partial charge is 0.224 e. The first-order valence-electron chi connectivity index (χ1n) is 5.09. The maximum Gasteiger partial charge on any atom is 0.224 e. The van der Waals surface area contributed by atoms with E-state index < -0.39 is 0 Å². The molecule has 1 aromatic heterocycles. The monoisotopic (exact) mass is 225 g/mol. The molecule has 1 aliphatic rings. The summed E-state index contributed by atoms with van der Waals surface area (Å²) in [5, 5.41) is 3.66. The third kappa shape index (κ3) is 2.82. The van der Waals surface area contributed by atoms with Crippen LogP contribution >= 0.6 is 11.6 Å². The van der Waals surface area contributed by atoms with Crippen molar-refractivity contribution in [3.8, 4) is 0 Å². The van der Waals surface area contributed by atoms with Crippen LogP contribution in [0.2, 0.25) is 5.28 Å². The molecular weight excluding hydrogens is 212 g/mol. The molecule has 1 N–H and O–H groups in total. The molecule has 0 saturated carbocycles. The molecule has 1 aliphatic heterocycles. The Balaban J connectivity index is 2.05. The fraction of sp³-hybridized carbons (Fsp3) is 0.556. The highest BCUT2D eigenvalue weighted by Crippen LogP contribution is 2.12. The van der Waals surface area contributed by atoms with Crippen molar-refractivity contribution in [1.29, 1.82) is 0 Å². The summed E-state index contributed by atoms with van der Waals surface area (Å²) < 4.78 is 5.29. The number of halogens is 1. The van der Waals surface area contributed by atoms with Crippen LogP contribution in [-0.2, 0) is 4.74 Å². The molecule has 0 atom stereocenters. The molecule has 0 bridgehead atoms. The number of hydrogen-bond acceptors (Lipinski definition) is 4. The van der Waals surface area contributed by atoms with Gasteiger partial charge in [-0.1, -0.05) is 0 Å². The zero-order valence-electron chi connectivity index (χ0n) is 8.66. The first-order chi connectivity index (χ1) is 7.25. The quantitative estimate of drug-likeness (QED) is 0.568. The SMILES string of the molecule is Bc1cnc(Cl)nc1NC1CCOCC1. The van der Waals surface area contributed by atoms with Gasteiger partial charge in [0, 0.05) is 25.5 Å². The van der Waals surface area contributed by atoms with Gasteiger partial charge in [0.2, 0.25) is 5.28 Å². The van der Waals surface area contributed by atoms with E-state index in [1.165, 1.54) is 0 Å². The van der Waals surface area contributed by atoms with Gasteiger partial charge in [0.15, 0.2) is 0 Å². The number of rotatable bonds is 2. The van der Waals surface area contributed by atoms with Gasteiger partial charge < -0.3 is 10.1 Å². The van der Waals surface area contributed by atoms with Crippen molar-refractivity contribution >= 4 is 30.7 Å². The predicted octanol–water partition coefficient (Wildman–Crippen LogP) is -0.0207. The zero-order chi connectivity index (χ0) is 10.7. The third-order valence-electron chi connectivity index (χ3n) is 2.50. The van der Waals surface area contributed by atoms with Crippen molar-refractivity contribution in [2.24, 2.45) is 0 Å². The molecule has 4 nitrogen and oxygen atoms in total. The van der Waals surface area contributed by atoms with Crippen LogP contribution in [-0.4, -0.2) is 37.1 Å². The molecule has 1 fully saturated rings. The van der Waals surface area contributed by atoms with E-state index in [0.717, 1.165) is 37.3 Å². The molecule has 0 spiro atoms. The summed E-state index contributed by atoms with van der Waals surface area (Å²) in [5.74, 6) is 0.835. The second-order valence-corrected chi connectivity index (χ2v) is 4.04. The van der Waals surface area contributed by atoms with Gasteiger partial charge in [-0.15, -0.1) is 0 Å². The second-order valence-electron chi connectivity index (χ2n) is 3.70. The average molecular weight is 225 g/mol.